The molecule has 1 N–H and O–H groups in total. The fraction of sp³-hybridized carbons (Fsp3) is 0.500. The van der Waals surface area contributed by atoms with Crippen molar-refractivity contribution in [3.05, 3.63) is 40.6 Å². The molecule has 0 spiro atoms. The molecule has 2 aliphatic heterocycles. The molecule has 1 saturated heterocycles. The van der Waals surface area contributed by atoms with E-state index in [0.29, 0.717) is 11.3 Å². The van der Waals surface area contributed by atoms with Crippen LogP contribution in [-0.2, 0) is 13.6 Å². The minimum Gasteiger partial charge on any atom is -0.461 e. The van der Waals surface area contributed by atoms with E-state index in [0.717, 1.165) is 4.47 Å². The monoisotopic (exact) mass is 402 g/mol. The van der Waals surface area contributed by atoms with E-state index in [1.807, 2.05) is 13.8 Å². The van der Waals surface area contributed by atoms with Crippen LogP contribution in [0.4, 0.5) is 0 Å². The molecule has 0 saturated carbocycles. The van der Waals surface area contributed by atoms with Crippen LogP contribution in [0.25, 0.3) is 0 Å². The minimum absolute atomic E-state index is 0.183. The second-order valence-electron chi connectivity index (χ2n) is 6.97. The van der Waals surface area contributed by atoms with Crippen molar-refractivity contribution in [3.63, 3.8) is 0 Å². The van der Waals surface area contributed by atoms with Gasteiger partial charge in [0, 0.05) is 15.5 Å². The van der Waals surface area contributed by atoms with E-state index in [1.165, 1.54) is 0 Å². The van der Waals surface area contributed by atoms with Crippen LogP contribution in [0, 0.1) is 5.41 Å². The summed E-state index contributed by atoms with van der Waals surface area (Å²) in [6.07, 6.45) is -1.11. The first kappa shape index (κ1) is 17.2. The molecule has 2 heterocycles. The smallest absolute Gasteiger partial charge is 0.347 e. The summed E-state index contributed by atoms with van der Waals surface area (Å²) >= 11 is 3.37. The number of aliphatic hydroxyl groups is 1. The average Bonchev–Trinajstić information content (AvgIpc) is 2.49. The highest BCUT2D eigenvalue weighted by atomic mass is 79.9. The molecule has 7 heteroatoms. The van der Waals surface area contributed by atoms with Gasteiger partial charge in [0.15, 0.2) is 5.16 Å². The second-order valence-corrected chi connectivity index (χ2v) is 10.3. The zero-order chi connectivity index (χ0) is 17.0. The number of fused-ring (bicyclic) bond motifs is 1. The van der Waals surface area contributed by atoms with Gasteiger partial charge in [-0.1, -0.05) is 36.4 Å². The lowest BCUT2D eigenvalue weighted by Crippen LogP contribution is -2.44. The molecular formula is C16H20BrO5P. The van der Waals surface area contributed by atoms with Gasteiger partial charge in [-0.3, -0.25) is 4.57 Å². The summed E-state index contributed by atoms with van der Waals surface area (Å²) in [5, 5.41) is 9.57. The first-order chi connectivity index (χ1) is 10.6. The lowest BCUT2D eigenvalue weighted by Gasteiger charge is -2.47. The Morgan fingerprint density at radius 1 is 1.30 bits per heavy atom. The first-order valence-corrected chi connectivity index (χ1v) is 9.67. The van der Waals surface area contributed by atoms with Gasteiger partial charge in [-0.2, -0.15) is 0 Å². The van der Waals surface area contributed by atoms with Crippen molar-refractivity contribution in [2.24, 2.45) is 5.41 Å². The Kier molecular flexibility index (Phi) is 4.06. The first-order valence-electron chi connectivity index (χ1n) is 7.33. The highest BCUT2D eigenvalue weighted by Gasteiger charge is 2.60. The quantitative estimate of drug-likeness (QED) is 0.704. The normalized spacial score (nSPS) is 32.0. The summed E-state index contributed by atoms with van der Waals surface area (Å²) in [6, 6.07) is 5.28. The third-order valence-corrected chi connectivity index (χ3v) is 7.48. The van der Waals surface area contributed by atoms with Crippen molar-refractivity contribution in [3.8, 4) is 5.75 Å². The number of hydrogen-bond acceptors (Lipinski definition) is 5. The van der Waals surface area contributed by atoms with Crippen molar-refractivity contribution in [1.82, 2.24) is 0 Å². The summed E-state index contributed by atoms with van der Waals surface area (Å²) in [7, 11) is -3.65. The van der Waals surface area contributed by atoms with Crippen molar-refractivity contribution >= 4 is 23.5 Å². The maximum atomic E-state index is 13.4. The number of aliphatic hydroxyl groups excluding tert-OH is 1. The van der Waals surface area contributed by atoms with Gasteiger partial charge in [0.25, 0.3) is 0 Å². The SMILES string of the molecule is C=C1Oc2ccc(Br)cc2[C@H](O)[C@@]1(C)P1(=O)OCC(C)(C)CO1. The highest BCUT2D eigenvalue weighted by Crippen LogP contribution is 2.70. The zero-order valence-corrected chi connectivity index (χ0v) is 15.8. The summed E-state index contributed by atoms with van der Waals surface area (Å²) in [5.74, 6) is 0.676. The zero-order valence-electron chi connectivity index (χ0n) is 13.3. The molecule has 23 heavy (non-hydrogen) atoms. The molecule has 5 nitrogen and oxygen atoms in total. The van der Waals surface area contributed by atoms with Crippen LogP contribution in [0.1, 0.15) is 32.4 Å². The lowest BCUT2D eigenvalue weighted by atomic mass is 9.92. The molecule has 0 bridgehead atoms. The van der Waals surface area contributed by atoms with Crippen molar-refractivity contribution in [2.75, 3.05) is 13.2 Å². The van der Waals surface area contributed by atoms with Crippen LogP contribution < -0.4 is 4.74 Å². The summed E-state index contributed by atoms with van der Waals surface area (Å²) in [5.41, 5.74) is 0.300. The van der Waals surface area contributed by atoms with Gasteiger partial charge < -0.3 is 18.9 Å². The van der Waals surface area contributed by atoms with Gasteiger partial charge in [-0.05, 0) is 25.1 Å². The Bertz CT molecular complexity index is 702. The molecular weight excluding hydrogens is 383 g/mol. The van der Waals surface area contributed by atoms with E-state index in [4.69, 9.17) is 13.8 Å². The molecule has 0 amide bonds. The third kappa shape index (κ3) is 2.61. The third-order valence-electron chi connectivity index (χ3n) is 4.42. The van der Waals surface area contributed by atoms with E-state index in [-0.39, 0.29) is 24.4 Å². The van der Waals surface area contributed by atoms with Crippen molar-refractivity contribution in [2.45, 2.75) is 32.0 Å². The van der Waals surface area contributed by atoms with Gasteiger partial charge in [0.05, 0.1) is 13.2 Å². The Morgan fingerprint density at radius 2 is 1.91 bits per heavy atom. The van der Waals surface area contributed by atoms with E-state index in [2.05, 4.69) is 22.5 Å². The van der Waals surface area contributed by atoms with E-state index < -0.39 is 18.9 Å². The molecule has 0 unspecified atom stereocenters. The van der Waals surface area contributed by atoms with E-state index in [9.17, 15) is 9.67 Å². The van der Waals surface area contributed by atoms with Crippen molar-refractivity contribution < 1.29 is 23.5 Å². The Labute approximate surface area is 144 Å². The molecule has 0 aliphatic carbocycles. The standard InChI is InChI=1S/C16H20BrO5P/c1-10-16(4,23(19)20-8-15(2,3)9-21-23)14(18)12-7-11(17)5-6-13(12)22-10/h5-7,14,18H,1,8-9H2,2-4H3/t14-,16-/m0/s1. The maximum absolute atomic E-state index is 13.4. The van der Waals surface area contributed by atoms with Crippen LogP contribution in [0.5, 0.6) is 5.75 Å². The summed E-state index contributed by atoms with van der Waals surface area (Å²) < 4.78 is 31.1. The predicted molar refractivity (Wildman–Crippen MR) is 90.6 cm³/mol. The molecule has 3 rings (SSSR count). The minimum atomic E-state index is -3.65. The fourth-order valence-corrected chi connectivity index (χ4v) is 5.50. The molecule has 1 fully saturated rings. The van der Waals surface area contributed by atoms with E-state index in [1.54, 1.807) is 25.1 Å². The number of hydrogen-bond donors (Lipinski definition) is 1. The summed E-state index contributed by atoms with van der Waals surface area (Å²) in [4.78, 5) is 0. The van der Waals surface area contributed by atoms with Crippen LogP contribution in [-0.4, -0.2) is 23.5 Å². The molecule has 1 aromatic carbocycles. The molecule has 0 radical (unpaired) electrons. The molecule has 2 aliphatic rings. The number of rotatable bonds is 1. The molecule has 1 aromatic rings. The number of benzene rings is 1. The average molecular weight is 403 g/mol. The Balaban J connectivity index is 2.04. The maximum Gasteiger partial charge on any atom is 0.347 e. The largest absolute Gasteiger partial charge is 0.461 e. The van der Waals surface area contributed by atoms with E-state index >= 15 is 0 Å². The summed E-state index contributed by atoms with van der Waals surface area (Å²) in [6.45, 7) is 9.98. The van der Waals surface area contributed by atoms with Gasteiger partial charge in [0.2, 0.25) is 0 Å². The lowest BCUT2D eigenvalue weighted by molar-refractivity contribution is 0.0139. The van der Waals surface area contributed by atoms with Gasteiger partial charge in [-0.25, -0.2) is 0 Å². The van der Waals surface area contributed by atoms with Crippen LogP contribution in [0.15, 0.2) is 35.0 Å². The topological polar surface area (TPSA) is 65.0 Å². The number of halogens is 1. The van der Waals surface area contributed by atoms with Crippen LogP contribution in [0.2, 0.25) is 0 Å². The second kappa shape index (κ2) is 5.43. The van der Waals surface area contributed by atoms with Crippen molar-refractivity contribution in [1.29, 1.82) is 0 Å². The van der Waals surface area contributed by atoms with Gasteiger partial charge in [-0.15, -0.1) is 0 Å². The Hall–Kier alpha value is -0.650. The van der Waals surface area contributed by atoms with Crippen LogP contribution in [0.3, 0.4) is 0 Å². The number of ether oxygens (including phenoxy) is 1. The van der Waals surface area contributed by atoms with Gasteiger partial charge >= 0.3 is 7.60 Å². The molecule has 0 aromatic heterocycles. The molecule has 2 atom stereocenters. The van der Waals surface area contributed by atoms with Gasteiger partial charge in [0.1, 0.15) is 17.6 Å². The molecule has 126 valence electrons. The van der Waals surface area contributed by atoms with Crippen LogP contribution >= 0.6 is 23.5 Å². The predicted octanol–water partition coefficient (Wildman–Crippen LogP) is 4.41. The fourth-order valence-electron chi connectivity index (χ4n) is 2.69. The highest BCUT2D eigenvalue weighted by molar-refractivity contribution is 9.10. The Morgan fingerprint density at radius 3 is 2.52 bits per heavy atom.